The lowest BCUT2D eigenvalue weighted by Gasteiger charge is -2.24. The molecule has 0 aliphatic heterocycles. The highest BCUT2D eigenvalue weighted by Gasteiger charge is 2.21. The van der Waals surface area contributed by atoms with E-state index in [1.54, 1.807) is 26.0 Å². The largest absolute Gasteiger partial charge is 0.508 e. The monoisotopic (exact) mass is 237 g/mol. The maximum atomic E-state index is 12.0. The highest BCUT2D eigenvalue weighted by Crippen LogP contribution is 2.14. The lowest BCUT2D eigenvalue weighted by Crippen LogP contribution is -2.40. The first-order chi connectivity index (χ1) is 7.91. The summed E-state index contributed by atoms with van der Waals surface area (Å²) in [7, 11) is 0. The number of carboxylic acids is 1. The van der Waals surface area contributed by atoms with Crippen molar-refractivity contribution < 1.29 is 19.8 Å². The fraction of sp³-hybridized carbons (Fsp3) is 0.333. The molecule has 0 aliphatic carbocycles. The quantitative estimate of drug-likeness (QED) is 0.828. The Hall–Kier alpha value is -2.04. The van der Waals surface area contributed by atoms with Gasteiger partial charge in [-0.1, -0.05) is 6.07 Å². The van der Waals surface area contributed by atoms with Crippen molar-refractivity contribution in [3.8, 4) is 5.75 Å². The predicted molar refractivity (Wildman–Crippen MR) is 61.9 cm³/mol. The third-order valence-corrected chi connectivity index (χ3v) is 2.28. The van der Waals surface area contributed by atoms with E-state index in [1.807, 2.05) is 0 Å². The van der Waals surface area contributed by atoms with Gasteiger partial charge in [0, 0.05) is 11.6 Å². The van der Waals surface area contributed by atoms with Crippen LogP contribution in [0.5, 0.6) is 5.75 Å². The van der Waals surface area contributed by atoms with E-state index in [2.05, 4.69) is 0 Å². The van der Waals surface area contributed by atoms with Crippen LogP contribution in [0.25, 0.3) is 0 Å². The van der Waals surface area contributed by atoms with Crippen molar-refractivity contribution >= 4 is 11.9 Å². The summed E-state index contributed by atoms with van der Waals surface area (Å²) in [5.41, 5.74) is 0.278. The number of aromatic hydroxyl groups is 1. The van der Waals surface area contributed by atoms with E-state index < -0.39 is 11.9 Å². The molecule has 0 saturated heterocycles. The standard InChI is InChI=1S/C12H15NO4/c1-8(2)13(7-11(15)16)12(17)9-4-3-5-10(14)6-9/h3-6,8,14H,7H2,1-2H3,(H,15,16). The number of nitrogens with zero attached hydrogens (tertiary/aromatic N) is 1. The van der Waals surface area contributed by atoms with Crippen LogP contribution in [0, 0.1) is 0 Å². The molecule has 5 heteroatoms. The van der Waals surface area contributed by atoms with Crippen LogP contribution in [0.1, 0.15) is 24.2 Å². The lowest BCUT2D eigenvalue weighted by atomic mass is 10.1. The Labute approximate surface area is 99.3 Å². The Morgan fingerprint density at radius 2 is 2.00 bits per heavy atom. The van der Waals surface area contributed by atoms with Gasteiger partial charge in [0.1, 0.15) is 12.3 Å². The summed E-state index contributed by atoms with van der Waals surface area (Å²) in [6.07, 6.45) is 0. The molecular formula is C12H15NO4. The summed E-state index contributed by atoms with van der Waals surface area (Å²) in [4.78, 5) is 23.9. The first kappa shape index (κ1) is 13.0. The maximum Gasteiger partial charge on any atom is 0.323 e. The smallest absolute Gasteiger partial charge is 0.323 e. The molecule has 0 radical (unpaired) electrons. The summed E-state index contributed by atoms with van der Waals surface area (Å²) in [6, 6.07) is 5.63. The SMILES string of the molecule is CC(C)N(CC(=O)O)C(=O)c1cccc(O)c1. The van der Waals surface area contributed by atoms with Gasteiger partial charge in [0.05, 0.1) is 0 Å². The summed E-state index contributed by atoms with van der Waals surface area (Å²) >= 11 is 0. The molecule has 0 spiro atoms. The van der Waals surface area contributed by atoms with Gasteiger partial charge in [-0.3, -0.25) is 9.59 Å². The van der Waals surface area contributed by atoms with Crippen molar-refractivity contribution in [1.82, 2.24) is 4.90 Å². The van der Waals surface area contributed by atoms with Gasteiger partial charge in [-0.05, 0) is 32.0 Å². The minimum Gasteiger partial charge on any atom is -0.508 e. The summed E-state index contributed by atoms with van der Waals surface area (Å²) < 4.78 is 0. The molecule has 2 N–H and O–H groups in total. The molecule has 5 nitrogen and oxygen atoms in total. The number of phenols is 1. The normalized spacial score (nSPS) is 10.3. The molecule has 0 bridgehead atoms. The number of rotatable bonds is 4. The first-order valence-electron chi connectivity index (χ1n) is 5.23. The zero-order valence-electron chi connectivity index (χ0n) is 9.75. The summed E-state index contributed by atoms with van der Waals surface area (Å²) in [5, 5.41) is 18.0. The fourth-order valence-corrected chi connectivity index (χ4v) is 1.44. The van der Waals surface area contributed by atoms with Gasteiger partial charge in [0.25, 0.3) is 5.91 Å². The minimum atomic E-state index is -1.06. The highest BCUT2D eigenvalue weighted by atomic mass is 16.4. The number of amides is 1. The van der Waals surface area contributed by atoms with Crippen molar-refractivity contribution in [3.63, 3.8) is 0 Å². The minimum absolute atomic E-state index is 0.0186. The van der Waals surface area contributed by atoms with E-state index in [4.69, 9.17) is 5.11 Å². The highest BCUT2D eigenvalue weighted by molar-refractivity contribution is 5.96. The average molecular weight is 237 g/mol. The van der Waals surface area contributed by atoms with Crippen LogP contribution >= 0.6 is 0 Å². The molecule has 1 amide bonds. The number of carbonyl (C=O) groups is 2. The number of carbonyl (C=O) groups excluding carboxylic acids is 1. The Kier molecular flexibility index (Phi) is 4.09. The number of aliphatic carboxylic acids is 1. The Morgan fingerprint density at radius 3 is 2.47 bits per heavy atom. The molecule has 0 heterocycles. The average Bonchev–Trinajstić information content (AvgIpc) is 2.24. The van der Waals surface area contributed by atoms with Gasteiger partial charge in [-0.25, -0.2) is 0 Å². The van der Waals surface area contributed by atoms with E-state index in [9.17, 15) is 14.7 Å². The van der Waals surface area contributed by atoms with E-state index in [-0.39, 0.29) is 23.9 Å². The number of benzene rings is 1. The molecule has 0 fully saturated rings. The molecule has 1 aromatic rings. The van der Waals surface area contributed by atoms with Gasteiger partial charge >= 0.3 is 5.97 Å². The first-order valence-corrected chi connectivity index (χ1v) is 5.23. The molecule has 0 aromatic heterocycles. The van der Waals surface area contributed by atoms with Crippen molar-refractivity contribution in [2.24, 2.45) is 0 Å². The predicted octanol–water partition coefficient (Wildman–Crippen LogP) is 1.33. The number of carboxylic acid groups (broad SMARTS) is 1. The zero-order chi connectivity index (χ0) is 13.0. The van der Waals surface area contributed by atoms with E-state index in [0.29, 0.717) is 0 Å². The third kappa shape index (κ3) is 3.48. The second-order valence-corrected chi connectivity index (χ2v) is 3.97. The molecule has 0 aliphatic rings. The van der Waals surface area contributed by atoms with Crippen molar-refractivity contribution in [2.75, 3.05) is 6.54 Å². The Bertz CT molecular complexity index is 428. The Balaban J connectivity index is 2.95. The molecule has 17 heavy (non-hydrogen) atoms. The van der Waals surface area contributed by atoms with Crippen LogP contribution in [-0.2, 0) is 4.79 Å². The summed E-state index contributed by atoms with van der Waals surface area (Å²) in [6.45, 7) is 3.12. The van der Waals surface area contributed by atoms with E-state index in [0.717, 1.165) is 0 Å². The van der Waals surface area contributed by atoms with Gasteiger partial charge in [0.2, 0.25) is 0 Å². The van der Waals surface area contributed by atoms with Crippen LogP contribution in [0.4, 0.5) is 0 Å². The fourth-order valence-electron chi connectivity index (χ4n) is 1.44. The van der Waals surface area contributed by atoms with Crippen LogP contribution < -0.4 is 0 Å². The molecule has 0 atom stereocenters. The van der Waals surface area contributed by atoms with Crippen LogP contribution in [0.2, 0.25) is 0 Å². The van der Waals surface area contributed by atoms with Crippen LogP contribution in [-0.4, -0.2) is 39.6 Å². The number of hydrogen-bond acceptors (Lipinski definition) is 3. The molecule has 1 rings (SSSR count). The second kappa shape index (κ2) is 5.34. The Morgan fingerprint density at radius 1 is 1.35 bits per heavy atom. The zero-order valence-corrected chi connectivity index (χ0v) is 9.75. The van der Waals surface area contributed by atoms with Gasteiger partial charge < -0.3 is 15.1 Å². The lowest BCUT2D eigenvalue weighted by molar-refractivity contribution is -0.138. The molecule has 0 unspecified atom stereocenters. The molecule has 92 valence electrons. The third-order valence-electron chi connectivity index (χ3n) is 2.28. The maximum absolute atomic E-state index is 12.0. The van der Waals surface area contributed by atoms with Gasteiger partial charge in [0.15, 0.2) is 0 Å². The van der Waals surface area contributed by atoms with E-state index in [1.165, 1.54) is 17.0 Å². The van der Waals surface area contributed by atoms with Crippen LogP contribution in [0.3, 0.4) is 0 Å². The van der Waals surface area contributed by atoms with E-state index >= 15 is 0 Å². The van der Waals surface area contributed by atoms with Crippen molar-refractivity contribution in [2.45, 2.75) is 19.9 Å². The van der Waals surface area contributed by atoms with Gasteiger partial charge in [-0.15, -0.1) is 0 Å². The van der Waals surface area contributed by atoms with Gasteiger partial charge in [-0.2, -0.15) is 0 Å². The second-order valence-electron chi connectivity index (χ2n) is 3.97. The molecule has 0 saturated carbocycles. The number of hydrogen-bond donors (Lipinski definition) is 2. The van der Waals surface area contributed by atoms with Crippen LogP contribution in [0.15, 0.2) is 24.3 Å². The molecular weight excluding hydrogens is 222 g/mol. The summed E-state index contributed by atoms with van der Waals surface area (Å²) in [5.74, 6) is -1.49. The topological polar surface area (TPSA) is 77.8 Å². The van der Waals surface area contributed by atoms with Crippen molar-refractivity contribution in [3.05, 3.63) is 29.8 Å². The van der Waals surface area contributed by atoms with Crippen molar-refractivity contribution in [1.29, 1.82) is 0 Å². The molecule has 1 aromatic carbocycles. The number of phenolic OH excluding ortho intramolecular Hbond substituents is 1.